The third-order valence-corrected chi connectivity index (χ3v) is 5.28. The summed E-state index contributed by atoms with van der Waals surface area (Å²) in [6.45, 7) is -0.0588. The number of benzene rings is 1. The van der Waals surface area contributed by atoms with E-state index in [9.17, 15) is 20.1 Å². The number of aliphatic hydroxyl groups is 3. The molecule has 2 aromatic rings. The first-order valence-corrected chi connectivity index (χ1v) is 9.73. The molecule has 1 aliphatic rings. The molecule has 27 heavy (non-hydrogen) atoms. The minimum absolute atomic E-state index is 0.0677. The Balaban J connectivity index is 1.72. The van der Waals surface area contributed by atoms with E-state index in [1.165, 1.54) is 22.6 Å². The molecule has 1 saturated heterocycles. The summed E-state index contributed by atoms with van der Waals surface area (Å²) in [7, 11) is 0. The smallest absolute Gasteiger partial charge is 0.273 e. The normalized spacial score (nSPS) is 28.1. The molecule has 146 valence electrons. The number of aromatic nitrogens is 3. The van der Waals surface area contributed by atoms with Gasteiger partial charge < -0.3 is 25.4 Å². The van der Waals surface area contributed by atoms with Crippen LogP contribution in [0.5, 0.6) is 0 Å². The van der Waals surface area contributed by atoms with Gasteiger partial charge in [-0.25, -0.2) is 4.68 Å². The molecular weight excluding hydrogens is 372 g/mol. The lowest BCUT2D eigenvalue weighted by molar-refractivity contribution is -0.178. The number of aliphatic hydroxyl groups excluding tert-OH is 3. The molecule has 1 aromatic carbocycles. The Kier molecular flexibility index (Phi) is 6.45. The second-order valence-corrected chi connectivity index (χ2v) is 7.12. The molecule has 2 unspecified atom stereocenters. The van der Waals surface area contributed by atoms with Gasteiger partial charge in [-0.15, -0.1) is 16.9 Å². The molecule has 2 heterocycles. The molecule has 1 aliphatic heterocycles. The summed E-state index contributed by atoms with van der Waals surface area (Å²) in [5.74, 6) is -0.415. The van der Waals surface area contributed by atoms with Crippen LogP contribution in [-0.4, -0.2) is 72.8 Å². The number of rotatable bonds is 6. The van der Waals surface area contributed by atoms with Crippen molar-refractivity contribution in [2.75, 3.05) is 12.9 Å². The van der Waals surface area contributed by atoms with Crippen molar-refractivity contribution in [1.82, 2.24) is 20.3 Å². The van der Waals surface area contributed by atoms with Crippen molar-refractivity contribution in [3.63, 3.8) is 0 Å². The molecule has 0 saturated carbocycles. The van der Waals surface area contributed by atoms with Crippen LogP contribution in [0.3, 0.4) is 0 Å². The molecule has 1 fully saturated rings. The first-order chi connectivity index (χ1) is 13.0. The molecule has 4 N–H and O–H groups in total. The first kappa shape index (κ1) is 19.8. The molecule has 0 aliphatic carbocycles. The number of amides is 1. The zero-order chi connectivity index (χ0) is 19.4. The van der Waals surface area contributed by atoms with Crippen LogP contribution in [0.2, 0.25) is 0 Å². The van der Waals surface area contributed by atoms with Gasteiger partial charge in [0.25, 0.3) is 5.91 Å². The third-order valence-electron chi connectivity index (χ3n) is 4.43. The van der Waals surface area contributed by atoms with Crippen molar-refractivity contribution < 1.29 is 24.9 Å². The fourth-order valence-corrected chi connectivity index (χ4v) is 3.66. The van der Waals surface area contributed by atoms with Crippen LogP contribution < -0.4 is 5.32 Å². The molecular formula is C17H22N4O5S. The fraction of sp³-hybridized carbons (Fsp3) is 0.471. The van der Waals surface area contributed by atoms with E-state index in [1.807, 2.05) is 30.3 Å². The van der Waals surface area contributed by atoms with E-state index >= 15 is 0 Å². The van der Waals surface area contributed by atoms with E-state index in [0.717, 1.165) is 5.56 Å². The zero-order valence-electron chi connectivity index (χ0n) is 14.7. The lowest BCUT2D eigenvalue weighted by Crippen LogP contribution is -2.54. The van der Waals surface area contributed by atoms with Gasteiger partial charge in [0.2, 0.25) is 0 Å². The van der Waals surface area contributed by atoms with Gasteiger partial charge in [-0.1, -0.05) is 35.5 Å². The second-order valence-electron chi connectivity index (χ2n) is 6.19. The molecule has 3 rings (SSSR count). The Hall–Kier alpha value is -1.98. The predicted molar refractivity (Wildman–Crippen MR) is 97.9 cm³/mol. The first-order valence-electron chi connectivity index (χ1n) is 8.44. The number of ether oxygens (including phenoxy) is 1. The summed E-state index contributed by atoms with van der Waals surface area (Å²) in [6.07, 6.45) is -0.0272. The molecule has 10 heteroatoms. The van der Waals surface area contributed by atoms with Crippen LogP contribution in [-0.2, 0) is 11.3 Å². The number of hydrogen-bond donors (Lipinski definition) is 4. The highest BCUT2D eigenvalue weighted by Gasteiger charge is 2.45. The van der Waals surface area contributed by atoms with Crippen LogP contribution in [0.25, 0.3) is 0 Å². The lowest BCUT2D eigenvalue weighted by atomic mass is 9.97. The molecule has 0 radical (unpaired) electrons. The number of hydrogen-bond acceptors (Lipinski definition) is 8. The van der Waals surface area contributed by atoms with Gasteiger partial charge in [0.1, 0.15) is 29.8 Å². The number of thioether (sulfide) groups is 1. The number of nitrogens with zero attached hydrogens (tertiary/aromatic N) is 3. The van der Waals surface area contributed by atoms with Crippen molar-refractivity contribution in [3.8, 4) is 0 Å². The minimum Gasteiger partial charge on any atom is -0.394 e. The van der Waals surface area contributed by atoms with Gasteiger partial charge in [0, 0.05) is 6.54 Å². The summed E-state index contributed by atoms with van der Waals surface area (Å²) in [6, 6.07) is 8.55. The van der Waals surface area contributed by atoms with Crippen LogP contribution >= 0.6 is 11.8 Å². The van der Waals surface area contributed by atoms with E-state index in [4.69, 9.17) is 4.74 Å². The van der Waals surface area contributed by atoms with Gasteiger partial charge in [0.05, 0.1) is 12.8 Å². The maximum atomic E-state index is 12.3. The second kappa shape index (κ2) is 8.81. The van der Waals surface area contributed by atoms with E-state index in [1.54, 1.807) is 6.26 Å². The van der Waals surface area contributed by atoms with Crippen LogP contribution in [0.1, 0.15) is 22.1 Å². The Morgan fingerprint density at radius 2 is 2.04 bits per heavy atom. The number of nitrogens with one attached hydrogen (secondary N) is 1. The average Bonchev–Trinajstić information content (AvgIpc) is 3.17. The van der Waals surface area contributed by atoms with Crippen molar-refractivity contribution in [2.24, 2.45) is 0 Å². The zero-order valence-corrected chi connectivity index (χ0v) is 15.5. The van der Waals surface area contributed by atoms with Crippen LogP contribution in [0.15, 0.2) is 36.5 Å². The van der Waals surface area contributed by atoms with E-state index in [2.05, 4.69) is 15.6 Å². The van der Waals surface area contributed by atoms with Crippen molar-refractivity contribution in [2.45, 2.75) is 36.3 Å². The maximum Gasteiger partial charge on any atom is 0.273 e. The summed E-state index contributed by atoms with van der Waals surface area (Å²) < 4.78 is 6.73. The van der Waals surface area contributed by atoms with Gasteiger partial charge in [0.15, 0.2) is 5.69 Å². The highest BCUT2D eigenvalue weighted by Crippen LogP contribution is 2.33. The fourth-order valence-electron chi connectivity index (χ4n) is 2.97. The molecule has 1 amide bonds. The van der Waals surface area contributed by atoms with E-state index < -0.39 is 42.3 Å². The highest BCUT2D eigenvalue weighted by molar-refractivity contribution is 7.99. The third kappa shape index (κ3) is 4.30. The predicted octanol–water partition coefficient (Wildman–Crippen LogP) is -0.449. The van der Waals surface area contributed by atoms with E-state index in [-0.39, 0.29) is 5.69 Å². The van der Waals surface area contributed by atoms with Gasteiger partial charge >= 0.3 is 0 Å². The van der Waals surface area contributed by atoms with Crippen LogP contribution in [0, 0.1) is 0 Å². The quantitative estimate of drug-likeness (QED) is 0.518. The van der Waals surface area contributed by atoms with Crippen LogP contribution in [0.4, 0.5) is 0 Å². The molecule has 5 atom stereocenters. The summed E-state index contributed by atoms with van der Waals surface area (Å²) in [4.78, 5) is 12.3. The molecule has 0 bridgehead atoms. The van der Waals surface area contributed by atoms with Crippen molar-refractivity contribution >= 4 is 17.7 Å². The number of carbonyl (C=O) groups is 1. The summed E-state index contributed by atoms with van der Waals surface area (Å²) in [5, 5.41) is 40.8. The van der Waals surface area contributed by atoms with E-state index in [0.29, 0.717) is 6.54 Å². The van der Waals surface area contributed by atoms with Gasteiger partial charge in [-0.3, -0.25) is 4.79 Å². The topological polar surface area (TPSA) is 130 Å². The Morgan fingerprint density at radius 1 is 1.30 bits per heavy atom. The minimum atomic E-state index is -1.20. The Labute approximate surface area is 160 Å². The molecule has 9 nitrogen and oxygen atoms in total. The largest absolute Gasteiger partial charge is 0.394 e. The van der Waals surface area contributed by atoms with Gasteiger partial charge in [-0.05, 0) is 11.8 Å². The van der Waals surface area contributed by atoms with Gasteiger partial charge in [-0.2, -0.15) is 0 Å². The Morgan fingerprint density at radius 3 is 2.70 bits per heavy atom. The molecule has 1 aromatic heterocycles. The SMILES string of the molecule is CS[C@@H]1OC(CO)[C@H](O)[C@H](n2cc(C(=O)NCc3ccccc3)nn2)C1O. The highest BCUT2D eigenvalue weighted by atomic mass is 32.2. The van der Waals surface area contributed by atoms with Crippen molar-refractivity contribution in [1.29, 1.82) is 0 Å². The standard InChI is InChI=1S/C17H22N4O5S/c1-27-17-15(24)13(14(23)12(9-22)26-17)21-8-11(19-20-21)16(25)18-7-10-5-3-2-4-6-10/h2-6,8,12-15,17,22-24H,7,9H2,1H3,(H,18,25)/t12?,13-,14-,15?,17-/m0/s1. The van der Waals surface area contributed by atoms with Crippen molar-refractivity contribution in [3.05, 3.63) is 47.8 Å². The summed E-state index contributed by atoms with van der Waals surface area (Å²) in [5.41, 5.74) is 0.371. The summed E-state index contributed by atoms with van der Waals surface area (Å²) >= 11 is 1.26. The monoisotopic (exact) mass is 394 g/mol. The average molecular weight is 394 g/mol. The Bertz CT molecular complexity index is 743. The maximum absolute atomic E-state index is 12.3. The number of carbonyl (C=O) groups excluding carboxylic acids is 1. The molecule has 0 spiro atoms. The lowest BCUT2D eigenvalue weighted by Gasteiger charge is -2.41.